The average Bonchev–Trinajstić information content (AvgIpc) is 3.78. The van der Waals surface area contributed by atoms with E-state index in [1.165, 1.54) is 11.1 Å². The van der Waals surface area contributed by atoms with Gasteiger partial charge in [-0.3, -0.25) is 4.90 Å². The SMILES string of the molecule is [2H]c1c([2H])c([2H])c(-c2cc3c4c(c2)N(c2ccc(C(C)(C)C)cc2)c2c(oc5ccccc25)B4c2c(oc4ccccc24)N3c2ccc(C(C)(C)C)cc2)c([2H])c1[2H]. The largest absolute Gasteiger partial charge is 0.468 e. The molecule has 0 N–H and O–H groups in total. The summed E-state index contributed by atoms with van der Waals surface area (Å²) in [6.07, 6.45) is 0. The summed E-state index contributed by atoms with van der Waals surface area (Å²) in [6, 6.07) is 35.6. The Morgan fingerprint density at radius 2 is 1.08 bits per heavy atom. The van der Waals surface area contributed by atoms with Gasteiger partial charge in [-0.1, -0.05) is 126 Å². The normalized spacial score (nSPS) is 15.1. The molecule has 4 heterocycles. The first-order valence-corrected chi connectivity index (χ1v) is 18.2. The highest BCUT2D eigenvalue weighted by atomic mass is 16.4. The number of para-hydroxylation sites is 2. The zero-order valence-electron chi connectivity index (χ0n) is 35.7. The van der Waals surface area contributed by atoms with Gasteiger partial charge in [0.05, 0.1) is 18.2 Å². The molecule has 0 aliphatic carbocycles. The Kier molecular flexibility index (Phi) is 5.70. The molecule has 53 heavy (non-hydrogen) atoms. The van der Waals surface area contributed by atoms with Crippen molar-refractivity contribution < 1.29 is 15.7 Å². The Labute approximate surface area is 318 Å². The van der Waals surface area contributed by atoms with Gasteiger partial charge in [0.2, 0.25) is 5.88 Å². The molecule has 10 rings (SSSR count). The summed E-state index contributed by atoms with van der Waals surface area (Å²) >= 11 is 0. The van der Waals surface area contributed by atoms with Crippen LogP contribution in [-0.2, 0) is 10.8 Å². The zero-order valence-corrected chi connectivity index (χ0v) is 30.7. The van der Waals surface area contributed by atoms with Crippen molar-refractivity contribution in [1.29, 1.82) is 0 Å². The Morgan fingerprint density at radius 1 is 0.547 bits per heavy atom. The van der Waals surface area contributed by atoms with Crippen LogP contribution >= 0.6 is 0 Å². The highest BCUT2D eigenvalue weighted by Gasteiger charge is 2.49. The van der Waals surface area contributed by atoms with E-state index in [2.05, 4.69) is 112 Å². The maximum absolute atomic E-state index is 9.14. The lowest BCUT2D eigenvalue weighted by Gasteiger charge is -2.41. The first-order chi connectivity index (χ1) is 27.6. The van der Waals surface area contributed by atoms with Crippen molar-refractivity contribution in [2.45, 2.75) is 52.4 Å². The maximum atomic E-state index is 9.14. The van der Waals surface area contributed by atoms with E-state index >= 15 is 0 Å². The van der Waals surface area contributed by atoms with Crippen molar-refractivity contribution in [3.63, 3.8) is 0 Å². The van der Waals surface area contributed by atoms with Crippen LogP contribution in [0, 0.1) is 0 Å². The molecule has 8 aromatic rings. The van der Waals surface area contributed by atoms with E-state index in [4.69, 9.17) is 15.7 Å². The second-order valence-corrected chi connectivity index (χ2v) is 16.3. The summed E-state index contributed by atoms with van der Waals surface area (Å²) in [4.78, 5) is 4.36. The van der Waals surface area contributed by atoms with E-state index in [0.29, 0.717) is 11.4 Å². The van der Waals surface area contributed by atoms with Crippen molar-refractivity contribution in [1.82, 2.24) is 0 Å². The monoisotopic (exact) mass is 693 g/mol. The first kappa shape index (κ1) is 26.8. The Hall–Kier alpha value is -5.94. The van der Waals surface area contributed by atoms with Gasteiger partial charge in [-0.15, -0.1) is 0 Å². The van der Waals surface area contributed by atoms with Crippen LogP contribution in [0.5, 0.6) is 0 Å². The van der Waals surface area contributed by atoms with Crippen LogP contribution in [0.15, 0.2) is 148 Å². The molecule has 6 aromatic carbocycles. The van der Waals surface area contributed by atoms with Gasteiger partial charge < -0.3 is 13.7 Å². The van der Waals surface area contributed by atoms with Crippen LogP contribution in [0.25, 0.3) is 33.1 Å². The quantitative estimate of drug-likeness (QED) is 0.173. The highest BCUT2D eigenvalue weighted by Crippen LogP contribution is 2.49. The molecule has 0 saturated carbocycles. The van der Waals surface area contributed by atoms with Crippen LogP contribution in [0.1, 0.15) is 59.5 Å². The van der Waals surface area contributed by atoms with E-state index in [0.717, 1.165) is 67.0 Å². The van der Waals surface area contributed by atoms with Crippen LogP contribution in [-0.4, -0.2) is 6.71 Å². The fraction of sp³-hybridized carbons (Fsp3) is 0.167. The number of nitrogens with zero attached hydrogens (tertiary/aromatic N) is 2. The van der Waals surface area contributed by atoms with Gasteiger partial charge in [0.1, 0.15) is 11.2 Å². The van der Waals surface area contributed by atoms with E-state index in [-0.39, 0.29) is 40.6 Å². The fourth-order valence-electron chi connectivity index (χ4n) is 8.18. The fourth-order valence-corrected chi connectivity index (χ4v) is 8.18. The number of anilines is 6. The number of furan rings is 2. The minimum Gasteiger partial charge on any atom is -0.468 e. The molecule has 5 heteroatoms. The first-order valence-electron chi connectivity index (χ1n) is 20.7. The van der Waals surface area contributed by atoms with E-state index in [9.17, 15) is 0 Å². The number of rotatable bonds is 3. The molecule has 2 aliphatic heterocycles. The lowest BCUT2D eigenvalue weighted by molar-refractivity contribution is 0.590. The number of hydrogen-bond donors (Lipinski definition) is 0. The molecule has 4 nitrogen and oxygen atoms in total. The van der Waals surface area contributed by atoms with Crippen LogP contribution in [0.3, 0.4) is 0 Å². The van der Waals surface area contributed by atoms with Crippen molar-refractivity contribution in [3.05, 3.63) is 151 Å². The molecule has 0 spiro atoms. The predicted octanol–water partition coefficient (Wildman–Crippen LogP) is 11.5. The standard InChI is InChI=1S/C48H41BN2O2/c1-47(2,3)32-20-24-34(25-21-32)50-38-28-31(30-14-8-7-9-15-30)29-39-43(38)49(45-44(50)37-17-11-13-19-41(37)52-45)42-36-16-10-12-18-40(36)53-46(42)51(39)35-26-22-33(23-27-35)48(4,5)6/h7-29H,1-6H3/i7D,8D,9D,14D,15D. The molecular weight excluding hydrogens is 647 g/mol. The third-order valence-electron chi connectivity index (χ3n) is 10.9. The van der Waals surface area contributed by atoms with Crippen molar-refractivity contribution in [2.24, 2.45) is 0 Å². The van der Waals surface area contributed by atoms with Crippen molar-refractivity contribution in [2.75, 3.05) is 9.80 Å². The Bertz CT molecular complexity index is 2960. The molecule has 2 aromatic heterocycles. The van der Waals surface area contributed by atoms with Crippen molar-refractivity contribution in [3.8, 4) is 11.1 Å². The lowest BCUT2D eigenvalue weighted by Crippen LogP contribution is -2.60. The molecule has 0 unspecified atom stereocenters. The van der Waals surface area contributed by atoms with Crippen LogP contribution in [0.2, 0.25) is 0 Å². The summed E-state index contributed by atoms with van der Waals surface area (Å²) in [5.74, 6) is 0.640. The highest BCUT2D eigenvalue weighted by molar-refractivity contribution is 7.01. The molecule has 0 amide bonds. The second kappa shape index (κ2) is 11.3. The van der Waals surface area contributed by atoms with Crippen molar-refractivity contribution >= 4 is 79.6 Å². The minimum atomic E-state index is -0.430. The van der Waals surface area contributed by atoms with Gasteiger partial charge in [-0.2, -0.15) is 0 Å². The van der Waals surface area contributed by atoms with Gasteiger partial charge in [-0.05, 0) is 93.1 Å². The predicted molar refractivity (Wildman–Crippen MR) is 223 cm³/mol. The van der Waals surface area contributed by atoms with E-state index < -0.39 is 12.8 Å². The second-order valence-electron chi connectivity index (χ2n) is 16.3. The van der Waals surface area contributed by atoms with Gasteiger partial charge in [0.25, 0.3) is 0 Å². The Balaban J connectivity index is 1.37. The molecule has 2 aliphatic rings. The molecular formula is C48H41BN2O2. The average molecular weight is 694 g/mol. The minimum absolute atomic E-state index is 0.0686. The molecule has 0 bridgehead atoms. The van der Waals surface area contributed by atoms with E-state index in [1.54, 1.807) is 0 Å². The zero-order chi connectivity index (χ0) is 40.6. The van der Waals surface area contributed by atoms with Gasteiger partial charge >= 0.3 is 6.71 Å². The number of fused-ring (bicyclic) bond motifs is 8. The summed E-state index contributed by atoms with van der Waals surface area (Å²) in [5.41, 5.74) is 11.3. The summed E-state index contributed by atoms with van der Waals surface area (Å²) in [6.45, 7) is 12.8. The van der Waals surface area contributed by atoms with Crippen LogP contribution in [0.4, 0.5) is 34.3 Å². The van der Waals surface area contributed by atoms with Gasteiger partial charge in [0, 0.05) is 39.0 Å². The van der Waals surface area contributed by atoms with E-state index in [1.807, 2.05) is 48.5 Å². The summed E-state index contributed by atoms with van der Waals surface area (Å²) < 4.78 is 58.0. The maximum Gasteiger partial charge on any atom is 0.302 e. The van der Waals surface area contributed by atoms with Gasteiger partial charge in [-0.25, -0.2) is 0 Å². The van der Waals surface area contributed by atoms with Crippen LogP contribution < -0.4 is 26.4 Å². The molecule has 0 fully saturated rings. The third-order valence-corrected chi connectivity index (χ3v) is 10.9. The van der Waals surface area contributed by atoms with Gasteiger partial charge in [0.15, 0.2) is 0 Å². The topological polar surface area (TPSA) is 32.8 Å². The smallest absolute Gasteiger partial charge is 0.302 e. The molecule has 258 valence electrons. The molecule has 0 saturated heterocycles. The molecule has 0 radical (unpaired) electrons. The third kappa shape index (κ3) is 4.83. The Morgan fingerprint density at radius 3 is 1.68 bits per heavy atom. The summed E-state index contributed by atoms with van der Waals surface area (Å²) in [5, 5.41) is 1.91. The number of benzene rings is 6. The number of hydrogen-bond acceptors (Lipinski definition) is 4. The lowest BCUT2D eigenvalue weighted by atomic mass is 9.35. The summed E-state index contributed by atoms with van der Waals surface area (Å²) in [7, 11) is 0. The molecule has 0 atom stereocenters.